The molecule has 4 nitrogen and oxygen atoms in total. The van der Waals surface area contributed by atoms with Gasteiger partial charge in [-0.15, -0.1) is 0 Å². The summed E-state index contributed by atoms with van der Waals surface area (Å²) in [7, 11) is 0. The number of ether oxygens (including phenoxy) is 1. The molecule has 1 aromatic heterocycles. The van der Waals surface area contributed by atoms with Gasteiger partial charge in [-0.05, 0) is 33.3 Å². The number of carbonyl (C=O) groups excluding carboxylic acids is 1. The Kier molecular flexibility index (Phi) is 5.37. The third-order valence-corrected chi connectivity index (χ3v) is 2.05. The molecule has 0 aliphatic heterocycles. The van der Waals surface area contributed by atoms with Crippen LogP contribution in [0.3, 0.4) is 0 Å². The van der Waals surface area contributed by atoms with Gasteiger partial charge >= 0.3 is 6.09 Å². The van der Waals surface area contributed by atoms with Crippen molar-refractivity contribution in [3.63, 3.8) is 0 Å². The molecule has 0 bridgehead atoms. The number of unbranched alkanes of at least 4 members (excludes halogenated alkanes) is 1. The molecule has 0 aliphatic rings. The van der Waals surface area contributed by atoms with Gasteiger partial charge in [0.05, 0.1) is 17.4 Å². The van der Waals surface area contributed by atoms with E-state index in [1.807, 2.05) is 20.8 Å². The zero-order valence-corrected chi connectivity index (χ0v) is 11.9. The van der Waals surface area contributed by atoms with Gasteiger partial charge in [-0.3, -0.25) is 10.3 Å². The topological polar surface area (TPSA) is 51.2 Å². The van der Waals surface area contributed by atoms with Crippen LogP contribution in [0.4, 0.5) is 10.5 Å². The Labute approximate surface area is 114 Å². The number of carbonyl (C=O) groups is 1. The Morgan fingerprint density at radius 1 is 1.47 bits per heavy atom. The van der Waals surface area contributed by atoms with Gasteiger partial charge in [-0.25, -0.2) is 4.79 Å². The summed E-state index contributed by atoms with van der Waals surface area (Å²) in [5.74, 6) is 6.07. The molecule has 0 spiro atoms. The van der Waals surface area contributed by atoms with Crippen LogP contribution in [-0.4, -0.2) is 16.7 Å². The molecule has 4 heteroatoms. The second kappa shape index (κ2) is 6.79. The average molecular weight is 260 g/mol. The second-order valence-corrected chi connectivity index (χ2v) is 5.10. The minimum atomic E-state index is -0.527. The Morgan fingerprint density at radius 3 is 2.84 bits per heavy atom. The highest BCUT2D eigenvalue weighted by molar-refractivity contribution is 5.86. The van der Waals surface area contributed by atoms with Gasteiger partial charge in [0, 0.05) is 12.6 Å². The predicted molar refractivity (Wildman–Crippen MR) is 75.9 cm³/mol. The van der Waals surface area contributed by atoms with Crippen molar-refractivity contribution in [3.8, 4) is 11.8 Å². The number of hydrogen-bond donors (Lipinski definition) is 1. The van der Waals surface area contributed by atoms with Crippen LogP contribution < -0.4 is 5.32 Å². The standard InChI is InChI=1S/C15H20N2O2/c1-5-6-7-8-12-9-10-16-11-13(12)17-14(18)19-15(2,3)4/h9-11H,5-6H2,1-4H3,(H,17,18). The molecule has 0 unspecified atom stereocenters. The molecular weight excluding hydrogens is 240 g/mol. The highest BCUT2D eigenvalue weighted by atomic mass is 16.6. The van der Waals surface area contributed by atoms with E-state index in [1.54, 1.807) is 18.5 Å². The minimum absolute atomic E-state index is 0.501. The van der Waals surface area contributed by atoms with Crippen molar-refractivity contribution in [2.75, 3.05) is 5.32 Å². The lowest BCUT2D eigenvalue weighted by molar-refractivity contribution is 0.0636. The SMILES string of the molecule is CCCC#Cc1ccncc1NC(=O)OC(C)(C)C. The highest BCUT2D eigenvalue weighted by Gasteiger charge is 2.16. The summed E-state index contributed by atoms with van der Waals surface area (Å²) in [5, 5.41) is 2.67. The van der Waals surface area contributed by atoms with E-state index in [0.29, 0.717) is 5.69 Å². The number of hydrogen-bond acceptors (Lipinski definition) is 3. The normalized spacial score (nSPS) is 10.3. The van der Waals surface area contributed by atoms with Crippen molar-refractivity contribution >= 4 is 11.8 Å². The number of anilines is 1. The zero-order chi connectivity index (χ0) is 14.3. The molecule has 1 N–H and O–H groups in total. The first kappa shape index (κ1) is 15.0. The largest absolute Gasteiger partial charge is 0.444 e. The molecule has 1 rings (SSSR count). The maximum atomic E-state index is 11.7. The maximum Gasteiger partial charge on any atom is 0.412 e. The lowest BCUT2D eigenvalue weighted by Crippen LogP contribution is -2.27. The van der Waals surface area contributed by atoms with Crippen molar-refractivity contribution in [1.29, 1.82) is 0 Å². The molecule has 19 heavy (non-hydrogen) atoms. The predicted octanol–water partition coefficient (Wildman–Crippen LogP) is 3.58. The van der Waals surface area contributed by atoms with Crippen LogP contribution >= 0.6 is 0 Å². The minimum Gasteiger partial charge on any atom is -0.444 e. The Morgan fingerprint density at radius 2 is 2.21 bits per heavy atom. The van der Waals surface area contributed by atoms with E-state index in [1.165, 1.54) is 0 Å². The molecular formula is C15H20N2O2. The lowest BCUT2D eigenvalue weighted by Gasteiger charge is -2.19. The molecule has 0 radical (unpaired) electrons. The molecule has 1 heterocycles. The number of nitrogens with zero attached hydrogens (tertiary/aromatic N) is 1. The molecule has 0 aromatic carbocycles. The lowest BCUT2D eigenvalue weighted by atomic mass is 10.2. The van der Waals surface area contributed by atoms with Crippen molar-refractivity contribution < 1.29 is 9.53 Å². The van der Waals surface area contributed by atoms with Crippen LogP contribution in [0.1, 0.15) is 46.1 Å². The summed E-state index contributed by atoms with van der Waals surface area (Å²) in [5.41, 5.74) is 0.787. The first-order valence-electron chi connectivity index (χ1n) is 6.35. The third kappa shape index (κ3) is 5.91. The Balaban J connectivity index is 2.79. The maximum absolute atomic E-state index is 11.7. The summed E-state index contributed by atoms with van der Waals surface area (Å²) in [6, 6.07) is 1.77. The van der Waals surface area contributed by atoms with Gasteiger partial charge in [-0.2, -0.15) is 0 Å². The third-order valence-electron chi connectivity index (χ3n) is 2.05. The summed E-state index contributed by atoms with van der Waals surface area (Å²) >= 11 is 0. The quantitative estimate of drug-likeness (QED) is 0.827. The number of pyridine rings is 1. The second-order valence-electron chi connectivity index (χ2n) is 5.10. The van der Waals surface area contributed by atoms with Crippen molar-refractivity contribution in [1.82, 2.24) is 4.98 Å². The summed E-state index contributed by atoms with van der Waals surface area (Å²) in [6.45, 7) is 7.52. The van der Waals surface area contributed by atoms with Crippen LogP contribution in [0, 0.1) is 11.8 Å². The van der Waals surface area contributed by atoms with Crippen molar-refractivity contribution in [3.05, 3.63) is 24.0 Å². The first-order valence-corrected chi connectivity index (χ1v) is 6.35. The summed E-state index contributed by atoms with van der Waals surface area (Å²) < 4.78 is 5.20. The van der Waals surface area contributed by atoms with Crippen LogP contribution in [-0.2, 0) is 4.74 Å². The molecule has 0 fully saturated rings. The van der Waals surface area contributed by atoms with Crippen molar-refractivity contribution in [2.45, 2.75) is 46.1 Å². The van der Waals surface area contributed by atoms with Gasteiger partial charge in [0.1, 0.15) is 5.60 Å². The zero-order valence-electron chi connectivity index (χ0n) is 11.9. The van der Waals surface area contributed by atoms with E-state index < -0.39 is 11.7 Å². The van der Waals surface area contributed by atoms with E-state index in [4.69, 9.17) is 4.74 Å². The van der Waals surface area contributed by atoms with Crippen LogP contribution in [0.25, 0.3) is 0 Å². The monoisotopic (exact) mass is 260 g/mol. The highest BCUT2D eigenvalue weighted by Crippen LogP contribution is 2.14. The van der Waals surface area contributed by atoms with Crippen molar-refractivity contribution in [2.24, 2.45) is 0 Å². The first-order chi connectivity index (χ1) is 8.92. The molecule has 1 aromatic rings. The Bertz CT molecular complexity index is 493. The van der Waals surface area contributed by atoms with E-state index in [-0.39, 0.29) is 0 Å². The van der Waals surface area contributed by atoms with Gasteiger partial charge in [-0.1, -0.05) is 18.8 Å². The van der Waals surface area contributed by atoms with Gasteiger partial charge in [0.15, 0.2) is 0 Å². The fourth-order valence-electron chi connectivity index (χ4n) is 1.30. The van der Waals surface area contributed by atoms with E-state index in [0.717, 1.165) is 18.4 Å². The fourth-order valence-corrected chi connectivity index (χ4v) is 1.30. The van der Waals surface area contributed by atoms with Gasteiger partial charge < -0.3 is 4.74 Å². The number of nitrogens with one attached hydrogen (secondary N) is 1. The van der Waals surface area contributed by atoms with E-state index in [2.05, 4.69) is 29.1 Å². The van der Waals surface area contributed by atoms with Crippen LogP contribution in [0.2, 0.25) is 0 Å². The molecule has 0 saturated carbocycles. The Hall–Kier alpha value is -2.02. The number of aromatic nitrogens is 1. The number of rotatable bonds is 2. The van der Waals surface area contributed by atoms with Gasteiger partial charge in [0.2, 0.25) is 0 Å². The summed E-state index contributed by atoms with van der Waals surface area (Å²) in [6.07, 6.45) is 4.55. The van der Waals surface area contributed by atoms with Gasteiger partial charge in [0.25, 0.3) is 0 Å². The molecule has 102 valence electrons. The number of amides is 1. The smallest absolute Gasteiger partial charge is 0.412 e. The van der Waals surface area contributed by atoms with Crippen LogP contribution in [0.5, 0.6) is 0 Å². The molecule has 1 amide bonds. The summed E-state index contributed by atoms with van der Waals surface area (Å²) in [4.78, 5) is 15.7. The molecule has 0 saturated heterocycles. The average Bonchev–Trinajstić information content (AvgIpc) is 2.29. The molecule has 0 aliphatic carbocycles. The fraction of sp³-hybridized carbons (Fsp3) is 0.467. The van der Waals surface area contributed by atoms with E-state index in [9.17, 15) is 4.79 Å². The molecule has 0 atom stereocenters. The van der Waals surface area contributed by atoms with Crippen LogP contribution in [0.15, 0.2) is 18.5 Å². The van der Waals surface area contributed by atoms with E-state index >= 15 is 0 Å².